The third-order valence-corrected chi connectivity index (χ3v) is 4.97. The molecule has 4 heteroatoms. The number of ether oxygens (including phenoxy) is 1. The molecule has 0 aliphatic heterocycles. The Morgan fingerprint density at radius 1 is 0.920 bits per heavy atom. The monoisotopic (exact) mass is 347 g/mol. The smallest absolute Gasteiger partial charge is 0.339 e. The van der Waals surface area contributed by atoms with Crippen LogP contribution in [0.1, 0.15) is 88.4 Å². The predicted molar refractivity (Wildman–Crippen MR) is 102 cm³/mol. The number of benzene rings is 1. The third kappa shape index (κ3) is 4.83. The number of nitrogens with zero attached hydrogens (tertiary/aromatic N) is 1. The van der Waals surface area contributed by atoms with Crippen LogP contribution >= 0.6 is 0 Å². The van der Waals surface area contributed by atoms with E-state index >= 15 is 0 Å². The van der Waals surface area contributed by atoms with Gasteiger partial charge in [-0.3, -0.25) is 4.79 Å². The summed E-state index contributed by atoms with van der Waals surface area (Å²) in [4.78, 5) is 27.7. The van der Waals surface area contributed by atoms with Crippen molar-refractivity contribution >= 4 is 11.9 Å². The summed E-state index contributed by atoms with van der Waals surface area (Å²) in [6, 6.07) is 7.06. The fourth-order valence-electron chi connectivity index (χ4n) is 3.27. The average molecular weight is 347 g/mol. The summed E-state index contributed by atoms with van der Waals surface area (Å²) in [5.41, 5.74) is 0.286. The molecule has 0 N–H and O–H groups in total. The fraction of sp³-hybridized carbons (Fsp3) is 0.619. The summed E-state index contributed by atoms with van der Waals surface area (Å²) < 4.78 is 5.85. The molecule has 0 unspecified atom stereocenters. The molecule has 0 saturated carbocycles. The molecule has 0 bridgehead atoms. The minimum Gasteiger partial charge on any atom is -0.455 e. The van der Waals surface area contributed by atoms with E-state index < -0.39 is 11.6 Å². The zero-order chi connectivity index (χ0) is 19.2. The molecule has 0 fully saturated rings. The van der Waals surface area contributed by atoms with Crippen molar-refractivity contribution in [1.29, 1.82) is 0 Å². The van der Waals surface area contributed by atoms with E-state index in [2.05, 4.69) is 0 Å². The molecule has 1 aromatic carbocycles. The van der Waals surface area contributed by atoms with E-state index in [4.69, 9.17) is 4.74 Å². The SMILES string of the molecule is CCC(CC)(CC)OC(=O)c1ccccc1C(=O)N(C(C)C)C(C)C. The van der Waals surface area contributed by atoms with Gasteiger partial charge in [0.2, 0.25) is 0 Å². The lowest BCUT2D eigenvalue weighted by atomic mass is 9.93. The number of carbonyl (C=O) groups excluding carboxylic acids is 2. The lowest BCUT2D eigenvalue weighted by Gasteiger charge is -2.32. The van der Waals surface area contributed by atoms with Crippen molar-refractivity contribution in [1.82, 2.24) is 4.90 Å². The quantitative estimate of drug-likeness (QED) is 0.617. The van der Waals surface area contributed by atoms with E-state index in [9.17, 15) is 9.59 Å². The molecule has 0 aliphatic rings. The first-order valence-corrected chi connectivity index (χ1v) is 9.38. The molecule has 0 aliphatic carbocycles. The van der Waals surface area contributed by atoms with Gasteiger partial charge >= 0.3 is 5.97 Å². The number of carbonyl (C=O) groups is 2. The van der Waals surface area contributed by atoms with Gasteiger partial charge in [0.15, 0.2) is 0 Å². The molecule has 0 radical (unpaired) electrons. The van der Waals surface area contributed by atoms with Crippen LogP contribution in [-0.2, 0) is 4.74 Å². The maximum absolute atomic E-state index is 13.0. The number of hydrogen-bond acceptors (Lipinski definition) is 3. The van der Waals surface area contributed by atoms with Crippen LogP contribution in [0.25, 0.3) is 0 Å². The molecule has 140 valence electrons. The van der Waals surface area contributed by atoms with E-state index in [0.29, 0.717) is 11.1 Å². The first-order chi connectivity index (χ1) is 11.7. The molecule has 1 aromatic rings. The van der Waals surface area contributed by atoms with Crippen molar-refractivity contribution in [3.05, 3.63) is 35.4 Å². The molecule has 1 rings (SSSR count). The largest absolute Gasteiger partial charge is 0.455 e. The molecule has 0 aromatic heterocycles. The van der Waals surface area contributed by atoms with Gasteiger partial charge in [-0.15, -0.1) is 0 Å². The van der Waals surface area contributed by atoms with Crippen LogP contribution in [0.4, 0.5) is 0 Å². The molecular weight excluding hydrogens is 314 g/mol. The fourth-order valence-corrected chi connectivity index (χ4v) is 3.27. The zero-order valence-corrected chi connectivity index (χ0v) is 16.8. The van der Waals surface area contributed by atoms with Gasteiger partial charge in [0.05, 0.1) is 11.1 Å². The highest BCUT2D eigenvalue weighted by Crippen LogP contribution is 2.27. The van der Waals surface area contributed by atoms with Crippen LogP contribution in [-0.4, -0.2) is 34.5 Å². The normalized spacial score (nSPS) is 11.7. The summed E-state index contributed by atoms with van der Waals surface area (Å²) >= 11 is 0. The highest BCUT2D eigenvalue weighted by Gasteiger charge is 2.32. The molecular formula is C21H33NO3. The number of hydrogen-bond donors (Lipinski definition) is 0. The first kappa shape index (κ1) is 21.2. The first-order valence-electron chi connectivity index (χ1n) is 9.38. The van der Waals surface area contributed by atoms with Crippen LogP contribution < -0.4 is 0 Å². The zero-order valence-electron chi connectivity index (χ0n) is 16.8. The minimum absolute atomic E-state index is 0.0533. The Labute approximate surface area is 152 Å². The van der Waals surface area contributed by atoms with Crippen LogP contribution in [0.15, 0.2) is 24.3 Å². The van der Waals surface area contributed by atoms with Crippen molar-refractivity contribution in [2.75, 3.05) is 0 Å². The second kappa shape index (κ2) is 9.02. The minimum atomic E-state index is -0.469. The van der Waals surface area contributed by atoms with Gasteiger partial charge < -0.3 is 9.64 Å². The van der Waals surface area contributed by atoms with Crippen molar-refractivity contribution in [2.24, 2.45) is 0 Å². The molecule has 25 heavy (non-hydrogen) atoms. The van der Waals surface area contributed by atoms with Gasteiger partial charge in [-0.2, -0.15) is 0 Å². The number of esters is 1. The second-order valence-electron chi connectivity index (χ2n) is 7.08. The summed E-state index contributed by atoms with van der Waals surface area (Å²) in [7, 11) is 0. The number of amides is 1. The van der Waals surface area contributed by atoms with Gasteiger partial charge in [0.25, 0.3) is 5.91 Å². The Bertz CT molecular complexity index is 572. The summed E-state index contributed by atoms with van der Waals surface area (Å²) in [6.07, 6.45) is 2.27. The molecule has 0 heterocycles. The van der Waals surface area contributed by atoms with Crippen LogP contribution in [0.3, 0.4) is 0 Å². The van der Waals surface area contributed by atoms with E-state index in [-0.39, 0.29) is 18.0 Å². The van der Waals surface area contributed by atoms with Crippen molar-refractivity contribution < 1.29 is 14.3 Å². The van der Waals surface area contributed by atoms with Gasteiger partial charge in [-0.25, -0.2) is 4.79 Å². The highest BCUT2D eigenvalue weighted by atomic mass is 16.6. The Morgan fingerprint density at radius 3 is 1.76 bits per heavy atom. The Morgan fingerprint density at radius 2 is 1.36 bits per heavy atom. The van der Waals surface area contributed by atoms with E-state index in [1.165, 1.54) is 0 Å². The molecule has 4 nitrogen and oxygen atoms in total. The Balaban J connectivity index is 3.23. The van der Waals surface area contributed by atoms with Gasteiger partial charge in [0, 0.05) is 12.1 Å². The molecule has 0 spiro atoms. The Kier molecular flexibility index (Phi) is 7.65. The van der Waals surface area contributed by atoms with Gasteiger partial charge in [-0.05, 0) is 59.1 Å². The summed E-state index contributed by atoms with van der Waals surface area (Å²) in [6.45, 7) is 14.0. The topological polar surface area (TPSA) is 46.6 Å². The summed E-state index contributed by atoms with van der Waals surface area (Å²) in [5.74, 6) is -0.547. The van der Waals surface area contributed by atoms with Crippen LogP contribution in [0, 0.1) is 0 Å². The second-order valence-corrected chi connectivity index (χ2v) is 7.08. The van der Waals surface area contributed by atoms with Crippen molar-refractivity contribution in [3.8, 4) is 0 Å². The average Bonchev–Trinajstić information content (AvgIpc) is 2.59. The Hall–Kier alpha value is -1.84. The van der Waals surface area contributed by atoms with Crippen molar-refractivity contribution in [2.45, 2.75) is 85.4 Å². The molecule has 0 atom stereocenters. The number of rotatable bonds is 8. The lowest BCUT2D eigenvalue weighted by molar-refractivity contribution is -0.0251. The predicted octanol–water partition coefficient (Wildman–Crippen LogP) is 5.07. The third-order valence-electron chi connectivity index (χ3n) is 4.97. The van der Waals surface area contributed by atoms with Gasteiger partial charge in [0.1, 0.15) is 5.60 Å². The van der Waals surface area contributed by atoms with Gasteiger partial charge in [-0.1, -0.05) is 32.9 Å². The lowest BCUT2D eigenvalue weighted by Crippen LogP contribution is -2.42. The maximum Gasteiger partial charge on any atom is 0.339 e. The van der Waals surface area contributed by atoms with E-state index in [0.717, 1.165) is 19.3 Å². The standard InChI is InChI=1S/C21H33NO3/c1-8-21(9-2,10-3)25-20(24)18-14-12-11-13-17(18)19(23)22(15(4)5)16(6)7/h11-16H,8-10H2,1-7H3. The van der Waals surface area contributed by atoms with Crippen LogP contribution in [0.2, 0.25) is 0 Å². The maximum atomic E-state index is 13.0. The van der Waals surface area contributed by atoms with E-state index in [1.54, 1.807) is 29.2 Å². The highest BCUT2D eigenvalue weighted by molar-refractivity contribution is 6.05. The summed E-state index contributed by atoms with van der Waals surface area (Å²) in [5, 5.41) is 0. The van der Waals surface area contributed by atoms with Crippen molar-refractivity contribution in [3.63, 3.8) is 0 Å². The molecule has 1 amide bonds. The van der Waals surface area contributed by atoms with Crippen LogP contribution in [0.5, 0.6) is 0 Å². The van der Waals surface area contributed by atoms with E-state index in [1.807, 2.05) is 48.5 Å². The molecule has 0 saturated heterocycles.